The number of hydrogen-bond acceptors (Lipinski definition) is 2. The van der Waals surface area contributed by atoms with Crippen LogP contribution in [0.2, 0.25) is 0 Å². The number of carbonyl (C=O) groups is 1. The number of Topliss-reactive ketones (excluding diaryl/α,β-unsaturated/α-hetero) is 1. The zero-order chi connectivity index (χ0) is 19.6. The van der Waals surface area contributed by atoms with E-state index in [2.05, 4.69) is 36.8 Å². The summed E-state index contributed by atoms with van der Waals surface area (Å²) in [6, 6.07) is 0. The second-order valence-corrected chi connectivity index (χ2v) is 15.6. The minimum Gasteiger partial charge on any atom is -0.339 e. The Kier molecular flexibility index (Phi) is 3.56. The number of aromatic nitrogens is 2. The zero-order valence-electron chi connectivity index (χ0n) is 17.0. The quantitative estimate of drug-likeness (QED) is 0.374. The second kappa shape index (κ2) is 5.60. The first kappa shape index (κ1) is 18.4. The minimum atomic E-state index is -0.166. The maximum Gasteiger partial charge on any atom is 0.204 e. The maximum atomic E-state index is 13.8. The summed E-state index contributed by atoms with van der Waals surface area (Å²) in [5.74, 6) is 4.12. The Morgan fingerprint density at radius 2 is 1.41 bits per heavy atom. The average Bonchev–Trinajstić information content (AvgIpc) is 3.07. The molecule has 8 fully saturated rings. The first-order valence-electron chi connectivity index (χ1n) is 11.7. The van der Waals surface area contributed by atoms with E-state index in [-0.39, 0.29) is 15.2 Å². The summed E-state index contributed by atoms with van der Waals surface area (Å²) in [5.41, 5.74) is 1.31. The van der Waals surface area contributed by atoms with Gasteiger partial charge in [0.15, 0.2) is 5.82 Å². The van der Waals surface area contributed by atoms with Crippen LogP contribution in [-0.2, 0) is 5.41 Å². The van der Waals surface area contributed by atoms with Crippen LogP contribution in [0.1, 0.15) is 93.4 Å². The molecule has 1 N–H and O–H groups in total. The number of nitrogens with zero attached hydrogens (tertiary/aromatic N) is 1. The van der Waals surface area contributed by atoms with E-state index in [4.69, 9.17) is 4.98 Å². The molecule has 0 amide bonds. The lowest BCUT2D eigenvalue weighted by molar-refractivity contribution is -0.0204. The lowest BCUT2D eigenvalue weighted by atomic mass is 9.48. The van der Waals surface area contributed by atoms with Gasteiger partial charge in [0.25, 0.3) is 0 Å². The SMILES string of the molecule is O=C(c1ncc(C23C[C@@H]4C[C@H](CC(Br)(C4)C2)C3)[nH]1)C12C[C@@H]3C[C@H](CC(Br)(C3)C1)C2. The molecule has 0 aliphatic heterocycles. The highest BCUT2D eigenvalue weighted by atomic mass is 79.9. The number of nitrogens with one attached hydrogen (secondary N) is 1. The molecule has 0 radical (unpaired) electrons. The third-order valence-electron chi connectivity index (χ3n) is 9.82. The molecular weight excluding hydrogens is 492 g/mol. The van der Waals surface area contributed by atoms with Crippen molar-refractivity contribution in [2.75, 3.05) is 0 Å². The molecule has 8 aliphatic rings. The molecule has 9 rings (SSSR count). The van der Waals surface area contributed by atoms with Gasteiger partial charge in [0, 0.05) is 31.4 Å². The number of carbonyl (C=O) groups excluding carboxylic acids is 1. The Bertz CT molecular complexity index is 878. The zero-order valence-corrected chi connectivity index (χ0v) is 20.2. The largest absolute Gasteiger partial charge is 0.339 e. The van der Waals surface area contributed by atoms with Crippen LogP contribution >= 0.6 is 31.9 Å². The molecule has 8 aliphatic carbocycles. The third-order valence-corrected chi connectivity index (χ3v) is 11.7. The molecule has 1 aromatic heterocycles. The summed E-state index contributed by atoms with van der Waals surface area (Å²) in [4.78, 5) is 22.2. The lowest BCUT2D eigenvalue weighted by Crippen LogP contribution is -2.56. The standard InChI is InChI=1S/C24H30Br2N2O/c25-23-7-14-1-15(8-23)4-21(3-14,12-23)18-11-27-20(28-18)19(29)22-5-16-2-17(6-22)10-24(26,9-16)13-22/h11,14-17H,1-10,12-13H2,(H,27,28)/t14-,15-,16-,17-,21?,22?,23?,24?/m0/s1. The average molecular weight is 522 g/mol. The van der Waals surface area contributed by atoms with Crippen LogP contribution in [0.5, 0.6) is 0 Å². The van der Waals surface area contributed by atoms with Crippen LogP contribution in [0.4, 0.5) is 0 Å². The molecule has 0 aromatic carbocycles. The molecule has 29 heavy (non-hydrogen) atoms. The Morgan fingerprint density at radius 1 is 0.862 bits per heavy atom. The van der Waals surface area contributed by atoms with Crippen molar-refractivity contribution < 1.29 is 4.79 Å². The van der Waals surface area contributed by atoms with Crippen molar-refractivity contribution in [2.45, 2.75) is 91.1 Å². The lowest BCUT2D eigenvalue weighted by Gasteiger charge is -2.60. The number of imidazole rings is 1. The van der Waals surface area contributed by atoms with Gasteiger partial charge in [0.2, 0.25) is 5.78 Å². The minimum absolute atomic E-state index is 0.166. The Hall–Kier alpha value is -0.160. The predicted molar refractivity (Wildman–Crippen MR) is 120 cm³/mol. The normalized spacial score (nSPS) is 54.3. The highest BCUT2D eigenvalue weighted by molar-refractivity contribution is 9.10. The highest BCUT2D eigenvalue weighted by Gasteiger charge is 2.61. The number of aromatic amines is 1. The summed E-state index contributed by atoms with van der Waals surface area (Å²) < 4.78 is 0.541. The number of hydrogen-bond donors (Lipinski definition) is 1. The molecule has 1 heterocycles. The third kappa shape index (κ3) is 2.58. The van der Waals surface area contributed by atoms with Crippen LogP contribution < -0.4 is 0 Å². The van der Waals surface area contributed by atoms with E-state index in [0.717, 1.165) is 42.9 Å². The van der Waals surface area contributed by atoms with Crippen LogP contribution in [0, 0.1) is 29.1 Å². The van der Waals surface area contributed by atoms with Gasteiger partial charge in [-0.25, -0.2) is 4.98 Å². The fourth-order valence-electron chi connectivity index (χ4n) is 9.84. The van der Waals surface area contributed by atoms with Gasteiger partial charge in [-0.3, -0.25) is 4.79 Å². The molecule has 8 saturated carbocycles. The molecule has 1 aromatic rings. The van der Waals surface area contributed by atoms with Crippen LogP contribution in [-0.4, -0.2) is 24.4 Å². The van der Waals surface area contributed by atoms with Gasteiger partial charge in [-0.2, -0.15) is 0 Å². The second-order valence-electron chi connectivity index (χ2n) is 12.3. The van der Waals surface area contributed by atoms with E-state index in [0.29, 0.717) is 15.9 Å². The van der Waals surface area contributed by atoms with Crippen molar-refractivity contribution in [3.8, 4) is 0 Å². The van der Waals surface area contributed by atoms with Crippen molar-refractivity contribution >= 4 is 37.6 Å². The predicted octanol–water partition coefficient (Wildman–Crippen LogP) is 6.31. The Balaban J connectivity index is 1.22. The smallest absolute Gasteiger partial charge is 0.204 e. The Labute approximate surface area is 189 Å². The van der Waals surface area contributed by atoms with Crippen LogP contribution in [0.3, 0.4) is 0 Å². The topological polar surface area (TPSA) is 45.8 Å². The van der Waals surface area contributed by atoms with E-state index < -0.39 is 0 Å². The number of rotatable bonds is 3. The Morgan fingerprint density at radius 3 is 1.97 bits per heavy atom. The fraction of sp³-hybridized carbons (Fsp3) is 0.833. The molecule has 5 heteroatoms. The molecule has 156 valence electrons. The van der Waals surface area contributed by atoms with Gasteiger partial charge < -0.3 is 4.98 Å². The van der Waals surface area contributed by atoms with E-state index in [1.165, 1.54) is 63.5 Å². The monoisotopic (exact) mass is 520 g/mol. The van der Waals surface area contributed by atoms with Crippen LogP contribution in [0.25, 0.3) is 0 Å². The van der Waals surface area contributed by atoms with Gasteiger partial charge in [0.05, 0.1) is 0 Å². The molecule has 0 spiro atoms. The van der Waals surface area contributed by atoms with E-state index >= 15 is 0 Å². The number of halogens is 2. The number of alkyl halides is 2. The summed E-state index contributed by atoms with van der Waals surface area (Å²) in [5, 5.41) is 0. The van der Waals surface area contributed by atoms with Gasteiger partial charge >= 0.3 is 0 Å². The van der Waals surface area contributed by atoms with Crippen molar-refractivity contribution in [2.24, 2.45) is 29.1 Å². The van der Waals surface area contributed by atoms with Gasteiger partial charge in [-0.05, 0) is 101 Å². The highest BCUT2D eigenvalue weighted by Crippen LogP contribution is 2.66. The summed E-state index contributed by atoms with van der Waals surface area (Å²) >= 11 is 8.20. The maximum absolute atomic E-state index is 13.8. The van der Waals surface area contributed by atoms with E-state index in [1.54, 1.807) is 0 Å². The summed E-state index contributed by atoms with van der Waals surface area (Å²) in [6.45, 7) is 0. The van der Waals surface area contributed by atoms with Crippen molar-refractivity contribution in [1.82, 2.24) is 9.97 Å². The molecule has 3 nitrogen and oxygen atoms in total. The fourth-order valence-corrected chi connectivity index (χ4v) is 12.7. The van der Waals surface area contributed by atoms with Gasteiger partial charge in [0.1, 0.15) is 0 Å². The molecule has 0 unspecified atom stereocenters. The van der Waals surface area contributed by atoms with Crippen molar-refractivity contribution in [1.29, 1.82) is 0 Å². The summed E-state index contributed by atoms with van der Waals surface area (Å²) in [7, 11) is 0. The van der Waals surface area contributed by atoms with Gasteiger partial charge in [-0.15, -0.1) is 0 Å². The van der Waals surface area contributed by atoms with E-state index in [1.807, 2.05) is 6.20 Å². The van der Waals surface area contributed by atoms with Crippen molar-refractivity contribution in [3.05, 3.63) is 17.7 Å². The van der Waals surface area contributed by atoms with Crippen molar-refractivity contribution in [3.63, 3.8) is 0 Å². The number of H-pyrrole nitrogens is 1. The van der Waals surface area contributed by atoms with Crippen LogP contribution in [0.15, 0.2) is 6.20 Å². The molecule has 8 bridgehead atoms. The first-order chi connectivity index (χ1) is 13.8. The molecule has 0 saturated heterocycles. The number of ketones is 1. The van der Waals surface area contributed by atoms with E-state index in [9.17, 15) is 4.79 Å². The van der Waals surface area contributed by atoms with Gasteiger partial charge in [-0.1, -0.05) is 31.9 Å². The first-order valence-corrected chi connectivity index (χ1v) is 13.3. The molecular formula is C24H30Br2N2O. The molecule has 4 atom stereocenters. The summed E-state index contributed by atoms with van der Waals surface area (Å²) in [6.07, 6.45) is 17.0.